The van der Waals surface area contributed by atoms with Crippen LogP contribution in [0.3, 0.4) is 0 Å². The molecule has 0 radical (unpaired) electrons. The maximum absolute atomic E-state index is 12.6. The van der Waals surface area contributed by atoms with Crippen LogP contribution in [0.1, 0.15) is 29.9 Å². The van der Waals surface area contributed by atoms with Crippen molar-refractivity contribution in [2.45, 2.75) is 24.3 Å². The minimum Gasteiger partial charge on any atom is -0.507 e. The van der Waals surface area contributed by atoms with Crippen LogP contribution in [0.15, 0.2) is 73.2 Å². The number of rotatable bonds is 9. The number of hydrogen-bond acceptors (Lipinski definition) is 7. The van der Waals surface area contributed by atoms with Crippen molar-refractivity contribution in [2.75, 3.05) is 12.8 Å². The molecule has 0 saturated heterocycles. The summed E-state index contributed by atoms with van der Waals surface area (Å²) in [4.78, 5) is 12.5. The number of H-pyrrole nitrogens is 1. The van der Waals surface area contributed by atoms with Crippen LogP contribution in [0.25, 0.3) is 22.4 Å². The molecule has 2 unspecified atom stereocenters. The Morgan fingerprint density at radius 1 is 1.11 bits per heavy atom. The summed E-state index contributed by atoms with van der Waals surface area (Å²) in [5.74, 6) is -0.824. The number of para-hydroxylation sites is 1. The first-order valence-electron chi connectivity index (χ1n) is 11.2. The van der Waals surface area contributed by atoms with Gasteiger partial charge in [0.25, 0.3) is 5.91 Å². The molecule has 0 bridgehead atoms. The molecule has 2 heterocycles. The van der Waals surface area contributed by atoms with Crippen molar-refractivity contribution < 1.29 is 23.4 Å². The molecule has 4 rings (SSSR count). The number of benzene rings is 2. The SMILES string of the molecule is CC(CNC(=O)c1ccccc1O)(CC(O)n1cc(-c2ccc(-c3cc[nH]n3)cc2)cn1)S(C)(=O)=O. The summed E-state index contributed by atoms with van der Waals surface area (Å²) < 4.78 is 25.1. The zero-order valence-corrected chi connectivity index (χ0v) is 20.6. The Hall–Kier alpha value is -3.96. The van der Waals surface area contributed by atoms with E-state index in [4.69, 9.17) is 0 Å². The van der Waals surface area contributed by atoms with E-state index in [0.717, 1.165) is 28.6 Å². The van der Waals surface area contributed by atoms with Crippen LogP contribution >= 0.6 is 0 Å². The lowest BCUT2D eigenvalue weighted by molar-refractivity contribution is 0.0689. The van der Waals surface area contributed by atoms with Crippen LogP contribution in [-0.2, 0) is 9.84 Å². The van der Waals surface area contributed by atoms with E-state index in [0.29, 0.717) is 0 Å². The molecule has 0 fully saturated rings. The van der Waals surface area contributed by atoms with Crippen molar-refractivity contribution in [1.82, 2.24) is 25.3 Å². The molecule has 1 amide bonds. The van der Waals surface area contributed by atoms with Gasteiger partial charge in [0, 0.05) is 42.7 Å². The number of aromatic nitrogens is 4. The number of phenolic OH excluding ortho intramolecular Hbond substituents is 1. The number of aromatic hydroxyl groups is 1. The van der Waals surface area contributed by atoms with Gasteiger partial charge in [-0.15, -0.1) is 0 Å². The third-order valence-corrected chi connectivity index (χ3v) is 8.30. The summed E-state index contributed by atoms with van der Waals surface area (Å²) in [5.41, 5.74) is 3.42. The van der Waals surface area contributed by atoms with Gasteiger partial charge in [0.05, 0.1) is 22.2 Å². The van der Waals surface area contributed by atoms with E-state index in [-0.39, 0.29) is 24.3 Å². The van der Waals surface area contributed by atoms with Gasteiger partial charge in [-0.25, -0.2) is 13.1 Å². The maximum Gasteiger partial charge on any atom is 0.255 e. The summed E-state index contributed by atoms with van der Waals surface area (Å²) in [5, 5.41) is 34.5. The Bertz CT molecular complexity index is 1450. The molecular weight excluding hydrogens is 482 g/mol. The number of carbonyl (C=O) groups is 1. The zero-order chi connectivity index (χ0) is 25.9. The fourth-order valence-corrected chi connectivity index (χ4v) is 4.55. The Kier molecular flexibility index (Phi) is 6.95. The second-order valence-electron chi connectivity index (χ2n) is 8.85. The smallest absolute Gasteiger partial charge is 0.255 e. The molecule has 2 aromatic heterocycles. The molecule has 2 aromatic carbocycles. The number of phenols is 1. The van der Waals surface area contributed by atoms with Crippen molar-refractivity contribution in [1.29, 1.82) is 0 Å². The van der Waals surface area contributed by atoms with Gasteiger partial charge >= 0.3 is 0 Å². The van der Waals surface area contributed by atoms with E-state index in [1.165, 1.54) is 23.7 Å². The van der Waals surface area contributed by atoms with Crippen LogP contribution in [0.4, 0.5) is 0 Å². The quantitative estimate of drug-likeness (QED) is 0.271. The molecule has 4 N–H and O–H groups in total. The van der Waals surface area contributed by atoms with Gasteiger partial charge in [-0.05, 0) is 30.7 Å². The molecule has 36 heavy (non-hydrogen) atoms. The van der Waals surface area contributed by atoms with E-state index in [2.05, 4.69) is 20.6 Å². The van der Waals surface area contributed by atoms with Crippen molar-refractivity contribution >= 4 is 15.7 Å². The Morgan fingerprint density at radius 3 is 2.44 bits per heavy atom. The van der Waals surface area contributed by atoms with E-state index in [9.17, 15) is 23.4 Å². The van der Waals surface area contributed by atoms with E-state index in [1.54, 1.807) is 30.7 Å². The molecule has 11 heteroatoms. The number of hydrogen-bond donors (Lipinski definition) is 4. The second-order valence-corrected chi connectivity index (χ2v) is 11.4. The highest BCUT2D eigenvalue weighted by Crippen LogP contribution is 2.29. The van der Waals surface area contributed by atoms with Gasteiger partial charge in [0.15, 0.2) is 9.84 Å². The summed E-state index contributed by atoms with van der Waals surface area (Å²) in [6, 6.07) is 15.5. The number of aliphatic hydroxyl groups is 1. The first-order chi connectivity index (χ1) is 17.1. The van der Waals surface area contributed by atoms with Gasteiger partial charge in [-0.1, -0.05) is 36.4 Å². The lowest BCUT2D eigenvalue weighted by Gasteiger charge is -2.30. The highest BCUT2D eigenvalue weighted by molar-refractivity contribution is 7.92. The summed E-state index contributed by atoms with van der Waals surface area (Å²) >= 11 is 0. The molecule has 188 valence electrons. The van der Waals surface area contributed by atoms with Crippen LogP contribution < -0.4 is 5.32 Å². The van der Waals surface area contributed by atoms with Crippen LogP contribution in [0, 0.1) is 0 Å². The second kappa shape index (κ2) is 9.96. The van der Waals surface area contributed by atoms with Gasteiger partial charge in [-0.3, -0.25) is 9.89 Å². The third-order valence-electron chi connectivity index (χ3n) is 6.20. The number of nitrogens with one attached hydrogen (secondary N) is 2. The highest BCUT2D eigenvalue weighted by Gasteiger charge is 2.39. The predicted octanol–water partition coefficient (Wildman–Crippen LogP) is 2.76. The van der Waals surface area contributed by atoms with Crippen molar-refractivity contribution in [3.8, 4) is 28.1 Å². The molecule has 0 spiro atoms. The van der Waals surface area contributed by atoms with Crippen molar-refractivity contribution in [2.24, 2.45) is 0 Å². The van der Waals surface area contributed by atoms with Gasteiger partial charge in [-0.2, -0.15) is 10.2 Å². The molecule has 4 aromatic rings. The number of sulfone groups is 1. The minimum absolute atomic E-state index is 0.0314. The number of aromatic amines is 1. The molecule has 2 atom stereocenters. The average molecular weight is 510 g/mol. The van der Waals surface area contributed by atoms with Crippen LogP contribution in [0.2, 0.25) is 0 Å². The van der Waals surface area contributed by atoms with Gasteiger partial charge in [0.1, 0.15) is 12.0 Å². The van der Waals surface area contributed by atoms with E-state index in [1.807, 2.05) is 30.3 Å². The molecular formula is C25H27N5O5S. The lowest BCUT2D eigenvalue weighted by atomic mass is 10.0. The first-order valence-corrected chi connectivity index (χ1v) is 13.1. The largest absolute Gasteiger partial charge is 0.507 e. The van der Waals surface area contributed by atoms with Crippen LogP contribution in [0.5, 0.6) is 5.75 Å². The molecule has 0 aliphatic heterocycles. The Morgan fingerprint density at radius 2 is 1.81 bits per heavy atom. The van der Waals surface area contributed by atoms with E-state index >= 15 is 0 Å². The minimum atomic E-state index is -3.71. The Labute approximate surface area is 208 Å². The fourth-order valence-electron chi connectivity index (χ4n) is 3.77. The highest BCUT2D eigenvalue weighted by atomic mass is 32.2. The molecule has 10 nitrogen and oxygen atoms in total. The fraction of sp³-hybridized carbons (Fsp3) is 0.240. The van der Waals surface area contributed by atoms with Crippen LogP contribution in [-0.4, -0.2) is 62.1 Å². The molecule has 0 saturated carbocycles. The average Bonchev–Trinajstić information content (AvgIpc) is 3.55. The third kappa shape index (κ3) is 5.31. The summed E-state index contributed by atoms with van der Waals surface area (Å²) in [7, 11) is -3.71. The molecule has 0 aliphatic rings. The number of nitrogens with zero attached hydrogens (tertiary/aromatic N) is 3. The number of amides is 1. The number of aliphatic hydroxyl groups excluding tert-OH is 1. The predicted molar refractivity (Wildman–Crippen MR) is 135 cm³/mol. The summed E-state index contributed by atoms with van der Waals surface area (Å²) in [6.45, 7) is 1.19. The first kappa shape index (κ1) is 25.1. The van der Waals surface area contributed by atoms with Crippen molar-refractivity contribution in [3.63, 3.8) is 0 Å². The lowest BCUT2D eigenvalue weighted by Crippen LogP contribution is -2.47. The van der Waals surface area contributed by atoms with E-state index < -0.39 is 26.7 Å². The van der Waals surface area contributed by atoms with Gasteiger partial charge in [0.2, 0.25) is 0 Å². The van der Waals surface area contributed by atoms with Crippen molar-refractivity contribution in [3.05, 3.63) is 78.8 Å². The van der Waals surface area contributed by atoms with Gasteiger partial charge < -0.3 is 15.5 Å². The standard InChI is InChI=1S/C25H27N5O5S/c1-25(36(2,34)35,16-26-24(33)20-5-3-4-6-22(20)31)13-23(32)30-15-19(14-28-30)17-7-9-18(10-8-17)21-11-12-27-29-21/h3-12,14-15,23,31-32H,13,16H2,1-2H3,(H,26,33)(H,27,29). The zero-order valence-electron chi connectivity index (χ0n) is 19.8. The normalized spacial score (nSPS) is 14.2. The molecule has 0 aliphatic carbocycles. The monoisotopic (exact) mass is 509 g/mol. The topological polar surface area (TPSA) is 150 Å². The number of carbonyl (C=O) groups excluding carboxylic acids is 1. The summed E-state index contributed by atoms with van der Waals surface area (Å²) in [6.07, 6.45) is 4.55. The Balaban J connectivity index is 1.47. The maximum atomic E-state index is 12.6.